The molecule has 0 fully saturated rings. The summed E-state index contributed by atoms with van der Waals surface area (Å²) < 4.78 is 36.1. The number of nitro benzene ring substituents is 3. The maximum atomic E-state index is 12.7. The van der Waals surface area contributed by atoms with E-state index in [-0.39, 0.29) is 27.8 Å². The summed E-state index contributed by atoms with van der Waals surface area (Å²) in [5.74, 6) is -0.127. The lowest BCUT2D eigenvalue weighted by molar-refractivity contribution is -0.393. The lowest BCUT2D eigenvalue weighted by atomic mass is 10.2. The van der Waals surface area contributed by atoms with Crippen molar-refractivity contribution in [2.75, 3.05) is 12.5 Å². The lowest BCUT2D eigenvalue weighted by Gasteiger charge is -2.13. The van der Waals surface area contributed by atoms with Crippen LogP contribution in [0.15, 0.2) is 64.6 Å². The average molecular weight is 643 g/mol. The second-order valence-corrected chi connectivity index (χ2v) is 9.62. The number of nitro groups is 3. The van der Waals surface area contributed by atoms with Crippen LogP contribution < -0.4 is 14.3 Å². The van der Waals surface area contributed by atoms with Gasteiger partial charge >= 0.3 is 15.8 Å². The molecule has 3 aromatic carbocycles. The van der Waals surface area contributed by atoms with Gasteiger partial charge in [0.05, 0.1) is 37.7 Å². The third kappa shape index (κ3) is 6.44. The van der Waals surface area contributed by atoms with E-state index in [2.05, 4.69) is 10.5 Å². The summed E-state index contributed by atoms with van der Waals surface area (Å²) in [6.07, 6.45) is 1.25. The van der Waals surface area contributed by atoms with Crippen LogP contribution in [-0.2, 0) is 10.1 Å². The third-order valence-corrected chi connectivity index (χ3v) is 6.61. The van der Waals surface area contributed by atoms with E-state index in [4.69, 9.17) is 8.92 Å². The van der Waals surface area contributed by atoms with Crippen LogP contribution in [-0.4, -0.2) is 36.5 Å². The summed E-state index contributed by atoms with van der Waals surface area (Å²) in [5.41, 5.74) is 1.43. The molecule has 192 valence electrons. The Hall–Kier alpha value is -4.39. The van der Waals surface area contributed by atoms with Gasteiger partial charge in [0.15, 0.2) is 11.5 Å². The van der Waals surface area contributed by atoms with Gasteiger partial charge in [-0.2, -0.15) is 13.5 Å². The smallest absolute Gasteiger partial charge is 0.339 e. The maximum absolute atomic E-state index is 12.7. The van der Waals surface area contributed by atoms with Crippen LogP contribution in [0.2, 0.25) is 0 Å². The molecular weight excluding hydrogens is 629 g/mol. The van der Waals surface area contributed by atoms with Crippen LogP contribution in [0.25, 0.3) is 0 Å². The predicted octanol–water partition coefficient (Wildman–Crippen LogP) is 4.24. The van der Waals surface area contributed by atoms with E-state index in [1.807, 2.05) is 0 Å². The van der Waals surface area contributed by atoms with Gasteiger partial charge in [0.2, 0.25) is 0 Å². The summed E-state index contributed by atoms with van der Waals surface area (Å²) in [4.78, 5) is 30.3. The maximum Gasteiger partial charge on any atom is 0.339 e. The molecule has 1 N–H and O–H groups in total. The number of ether oxygens (including phenoxy) is 1. The highest BCUT2D eigenvalue weighted by Gasteiger charge is 2.23. The van der Waals surface area contributed by atoms with Crippen molar-refractivity contribution >= 4 is 61.7 Å². The van der Waals surface area contributed by atoms with Gasteiger partial charge in [0.1, 0.15) is 10.6 Å². The monoisotopic (exact) mass is 643 g/mol. The van der Waals surface area contributed by atoms with Crippen molar-refractivity contribution in [2.45, 2.75) is 4.90 Å². The first-order valence-corrected chi connectivity index (χ1v) is 12.2. The number of rotatable bonds is 10. The van der Waals surface area contributed by atoms with Gasteiger partial charge in [-0.05, 0) is 58.5 Å². The first-order valence-electron chi connectivity index (χ1n) is 9.71. The molecule has 15 nitrogen and oxygen atoms in total. The van der Waals surface area contributed by atoms with E-state index < -0.39 is 36.3 Å². The molecule has 0 aliphatic carbocycles. The fourth-order valence-electron chi connectivity index (χ4n) is 2.84. The summed E-state index contributed by atoms with van der Waals surface area (Å²) in [6, 6.07) is 10.0. The van der Waals surface area contributed by atoms with Crippen molar-refractivity contribution in [3.63, 3.8) is 0 Å². The van der Waals surface area contributed by atoms with E-state index in [0.29, 0.717) is 9.13 Å². The first-order chi connectivity index (χ1) is 17.4. The van der Waals surface area contributed by atoms with Crippen LogP contribution in [0.5, 0.6) is 11.5 Å². The average Bonchev–Trinajstić information content (AvgIpc) is 2.85. The van der Waals surface area contributed by atoms with E-state index >= 15 is 0 Å². The van der Waals surface area contributed by atoms with Gasteiger partial charge in [-0.15, -0.1) is 0 Å². The van der Waals surface area contributed by atoms with Crippen LogP contribution in [0.3, 0.4) is 0 Å². The van der Waals surface area contributed by atoms with E-state index in [9.17, 15) is 38.8 Å². The topological polar surface area (TPSA) is 206 Å². The zero-order valence-corrected chi connectivity index (χ0v) is 21.4. The number of methoxy groups -OCH3 is 1. The highest BCUT2D eigenvalue weighted by molar-refractivity contribution is 14.1. The standard InChI is InChI=1S/C20H14IN5O10S/c1-35-19-9-12(11-22-23-17-7-4-14(25(29)30)10-18(17)26(31)32)8-16(21)20(19)36-37(33,34)15-5-2-13(3-6-15)24(27)28/h2-11,23H,1H3/b22-11-. The Morgan fingerprint density at radius 2 is 1.54 bits per heavy atom. The molecule has 3 aromatic rings. The number of anilines is 1. The second-order valence-electron chi connectivity index (χ2n) is 6.91. The van der Waals surface area contributed by atoms with Gasteiger partial charge in [0.25, 0.3) is 11.4 Å². The van der Waals surface area contributed by atoms with Gasteiger partial charge in [-0.1, -0.05) is 0 Å². The molecule has 0 heterocycles. The normalized spacial score (nSPS) is 11.2. The Balaban J connectivity index is 1.85. The lowest BCUT2D eigenvalue weighted by Crippen LogP contribution is -2.11. The van der Waals surface area contributed by atoms with Crippen molar-refractivity contribution < 1.29 is 32.1 Å². The molecule has 0 radical (unpaired) electrons. The van der Waals surface area contributed by atoms with Crippen molar-refractivity contribution in [1.29, 1.82) is 0 Å². The van der Waals surface area contributed by atoms with Gasteiger partial charge < -0.3 is 8.92 Å². The number of nitrogens with zero attached hydrogens (tertiary/aromatic N) is 4. The van der Waals surface area contributed by atoms with Crippen molar-refractivity contribution in [2.24, 2.45) is 5.10 Å². The van der Waals surface area contributed by atoms with Crippen molar-refractivity contribution in [3.8, 4) is 11.5 Å². The van der Waals surface area contributed by atoms with Crippen LogP contribution in [0.4, 0.5) is 22.7 Å². The molecule has 37 heavy (non-hydrogen) atoms. The highest BCUT2D eigenvalue weighted by Crippen LogP contribution is 2.36. The molecule has 0 spiro atoms. The van der Waals surface area contributed by atoms with Crippen molar-refractivity contribution in [3.05, 3.63) is 94.1 Å². The van der Waals surface area contributed by atoms with E-state index in [1.165, 1.54) is 25.5 Å². The summed E-state index contributed by atoms with van der Waals surface area (Å²) in [6.45, 7) is 0. The predicted molar refractivity (Wildman–Crippen MR) is 138 cm³/mol. The molecule has 3 rings (SSSR count). The Morgan fingerprint density at radius 1 is 0.919 bits per heavy atom. The molecule has 0 amide bonds. The number of hydrazone groups is 1. The highest BCUT2D eigenvalue weighted by atomic mass is 127. The molecule has 0 atom stereocenters. The number of halogens is 1. The quantitative estimate of drug-likeness (QED) is 0.109. The summed E-state index contributed by atoms with van der Waals surface area (Å²) in [5, 5.41) is 36.8. The van der Waals surface area contributed by atoms with E-state index in [0.717, 1.165) is 42.5 Å². The molecular formula is C20H14IN5O10S. The number of benzene rings is 3. The minimum atomic E-state index is -4.36. The summed E-state index contributed by atoms with van der Waals surface area (Å²) in [7, 11) is -3.09. The fraction of sp³-hybridized carbons (Fsp3) is 0.0500. The molecule has 0 unspecified atom stereocenters. The van der Waals surface area contributed by atoms with Gasteiger partial charge in [-0.25, -0.2) is 0 Å². The minimum Gasteiger partial charge on any atom is -0.493 e. The second kappa shape index (κ2) is 11.1. The zero-order valence-electron chi connectivity index (χ0n) is 18.4. The number of non-ortho nitro benzene ring substituents is 2. The molecule has 17 heteroatoms. The van der Waals surface area contributed by atoms with Crippen molar-refractivity contribution in [1.82, 2.24) is 0 Å². The summed E-state index contributed by atoms with van der Waals surface area (Å²) >= 11 is 1.80. The SMILES string of the molecule is COc1cc(/C=N\Nc2ccc([N+](=O)[O-])cc2[N+](=O)[O-])cc(I)c1OS(=O)(=O)c1ccc([N+](=O)[O-])cc1. The molecule has 0 aliphatic heterocycles. The fourth-order valence-corrected chi connectivity index (χ4v) is 4.68. The van der Waals surface area contributed by atoms with Crippen LogP contribution >= 0.6 is 22.6 Å². The Morgan fingerprint density at radius 3 is 2.11 bits per heavy atom. The van der Waals surface area contributed by atoms with E-state index in [1.54, 1.807) is 22.6 Å². The van der Waals surface area contributed by atoms with Crippen LogP contribution in [0.1, 0.15) is 5.56 Å². The Bertz CT molecular complexity index is 1530. The third-order valence-electron chi connectivity index (χ3n) is 4.57. The molecule has 0 bridgehead atoms. The largest absolute Gasteiger partial charge is 0.493 e. The zero-order chi connectivity index (χ0) is 27.3. The molecule has 0 aliphatic rings. The first kappa shape index (κ1) is 27.2. The molecule has 0 saturated carbocycles. The molecule has 0 aromatic heterocycles. The number of hydrogen-bond acceptors (Lipinski definition) is 12. The minimum absolute atomic E-state index is 0.0140. The van der Waals surface area contributed by atoms with Crippen LogP contribution in [0, 0.1) is 33.9 Å². The Labute approximate surface area is 221 Å². The number of nitrogens with one attached hydrogen (secondary N) is 1. The Kier molecular flexibility index (Phi) is 8.17. The van der Waals surface area contributed by atoms with Gasteiger partial charge in [0, 0.05) is 18.2 Å². The van der Waals surface area contributed by atoms with Gasteiger partial charge in [-0.3, -0.25) is 35.8 Å². The number of hydrogen-bond donors (Lipinski definition) is 1. The molecule has 0 saturated heterocycles.